The number of para-hydroxylation sites is 1. The van der Waals surface area contributed by atoms with Gasteiger partial charge in [0.2, 0.25) is 0 Å². The highest BCUT2D eigenvalue weighted by Gasteiger charge is 2.33. The maximum Gasteiger partial charge on any atom is 0.257 e. The number of hydrogen-bond donors (Lipinski definition) is 1. The number of hydrogen-bond acceptors (Lipinski definition) is 3. The van der Waals surface area contributed by atoms with Crippen molar-refractivity contribution in [3.05, 3.63) is 29.3 Å². The van der Waals surface area contributed by atoms with Crippen molar-refractivity contribution in [2.24, 2.45) is 16.8 Å². The molecule has 0 saturated heterocycles. The van der Waals surface area contributed by atoms with E-state index in [2.05, 4.69) is 5.10 Å². The van der Waals surface area contributed by atoms with E-state index < -0.39 is 0 Å². The Morgan fingerprint density at radius 1 is 1.50 bits per heavy atom. The molecule has 4 nitrogen and oxygen atoms in total. The molecular formula is C11H12ClN3O. The van der Waals surface area contributed by atoms with Crippen LogP contribution in [-0.2, 0) is 4.79 Å². The molecule has 1 aromatic rings. The number of anilines is 1. The molecule has 0 radical (unpaired) electrons. The van der Waals surface area contributed by atoms with Gasteiger partial charge in [0.05, 0.1) is 16.6 Å². The second kappa shape index (κ2) is 4.23. The monoisotopic (exact) mass is 237 g/mol. The van der Waals surface area contributed by atoms with E-state index in [1.165, 1.54) is 5.01 Å². The van der Waals surface area contributed by atoms with Crippen molar-refractivity contribution >= 4 is 28.9 Å². The van der Waals surface area contributed by atoms with Gasteiger partial charge in [0, 0.05) is 12.3 Å². The molecule has 2 rings (SSSR count). The van der Waals surface area contributed by atoms with Crippen molar-refractivity contribution in [2.75, 3.05) is 11.6 Å². The smallest absolute Gasteiger partial charge is 0.257 e. The molecule has 1 aliphatic heterocycles. The second-order valence-corrected chi connectivity index (χ2v) is 4.04. The van der Waals surface area contributed by atoms with Gasteiger partial charge in [0.1, 0.15) is 0 Å². The number of hydrazone groups is 1. The normalized spacial score (nSPS) is 20.2. The number of halogens is 1. The SMILES string of the molecule is CC1=NN(c2ccccc2Cl)C(=O)C1CN. The van der Waals surface area contributed by atoms with Gasteiger partial charge < -0.3 is 5.73 Å². The summed E-state index contributed by atoms with van der Waals surface area (Å²) in [6, 6.07) is 7.11. The molecule has 0 fully saturated rings. The largest absolute Gasteiger partial charge is 0.329 e. The Morgan fingerprint density at radius 2 is 2.19 bits per heavy atom. The van der Waals surface area contributed by atoms with E-state index in [4.69, 9.17) is 17.3 Å². The lowest BCUT2D eigenvalue weighted by Gasteiger charge is -2.14. The highest BCUT2D eigenvalue weighted by atomic mass is 35.5. The molecule has 1 amide bonds. The fourth-order valence-corrected chi connectivity index (χ4v) is 1.89. The van der Waals surface area contributed by atoms with Gasteiger partial charge in [-0.2, -0.15) is 10.1 Å². The highest BCUT2D eigenvalue weighted by Crippen LogP contribution is 2.29. The Labute approximate surface area is 98.7 Å². The van der Waals surface area contributed by atoms with Crippen LogP contribution in [0, 0.1) is 5.92 Å². The summed E-state index contributed by atoms with van der Waals surface area (Å²) in [6.45, 7) is 2.07. The zero-order chi connectivity index (χ0) is 11.7. The van der Waals surface area contributed by atoms with Crippen molar-refractivity contribution in [1.82, 2.24) is 0 Å². The molecule has 1 heterocycles. The van der Waals surface area contributed by atoms with E-state index >= 15 is 0 Å². The molecule has 1 atom stereocenters. The van der Waals surface area contributed by atoms with Crippen molar-refractivity contribution in [3.8, 4) is 0 Å². The summed E-state index contributed by atoms with van der Waals surface area (Å²) < 4.78 is 0. The minimum absolute atomic E-state index is 0.117. The zero-order valence-electron chi connectivity index (χ0n) is 8.85. The number of nitrogens with zero attached hydrogens (tertiary/aromatic N) is 2. The lowest BCUT2D eigenvalue weighted by molar-refractivity contribution is -0.119. The van der Waals surface area contributed by atoms with Crippen LogP contribution in [0.1, 0.15) is 6.92 Å². The third kappa shape index (κ3) is 1.70. The minimum Gasteiger partial charge on any atom is -0.329 e. The summed E-state index contributed by atoms with van der Waals surface area (Å²) in [5, 5.41) is 6.02. The van der Waals surface area contributed by atoms with Crippen LogP contribution in [-0.4, -0.2) is 18.2 Å². The Morgan fingerprint density at radius 3 is 2.75 bits per heavy atom. The number of carbonyl (C=O) groups is 1. The first-order chi connectivity index (χ1) is 7.65. The van der Waals surface area contributed by atoms with Gasteiger partial charge in [-0.25, -0.2) is 0 Å². The molecule has 0 aromatic heterocycles. The molecule has 2 N–H and O–H groups in total. The summed E-state index contributed by atoms with van der Waals surface area (Å²) in [5.41, 5.74) is 6.86. The second-order valence-electron chi connectivity index (χ2n) is 3.63. The highest BCUT2D eigenvalue weighted by molar-refractivity contribution is 6.34. The van der Waals surface area contributed by atoms with Gasteiger partial charge in [0.25, 0.3) is 5.91 Å². The summed E-state index contributed by atoms with van der Waals surface area (Å²) in [6.07, 6.45) is 0. The van der Waals surface area contributed by atoms with Crippen LogP contribution in [0.25, 0.3) is 0 Å². The van der Waals surface area contributed by atoms with Crippen molar-refractivity contribution in [2.45, 2.75) is 6.92 Å². The topological polar surface area (TPSA) is 58.7 Å². The van der Waals surface area contributed by atoms with Crippen LogP contribution in [0.2, 0.25) is 5.02 Å². The molecule has 84 valence electrons. The Balaban J connectivity index is 2.38. The first kappa shape index (κ1) is 11.1. The van der Waals surface area contributed by atoms with E-state index in [1.54, 1.807) is 19.1 Å². The van der Waals surface area contributed by atoms with Crippen LogP contribution in [0.15, 0.2) is 29.4 Å². The standard InChI is InChI=1S/C11H12ClN3O/c1-7-8(6-13)11(16)15(14-7)10-5-3-2-4-9(10)12/h2-5,8H,6,13H2,1H3. The van der Waals surface area contributed by atoms with Crippen LogP contribution in [0.5, 0.6) is 0 Å². The fraction of sp³-hybridized carbons (Fsp3) is 0.273. The lowest BCUT2D eigenvalue weighted by atomic mass is 10.1. The third-order valence-corrected chi connectivity index (χ3v) is 2.90. The van der Waals surface area contributed by atoms with Gasteiger partial charge in [-0.1, -0.05) is 23.7 Å². The molecule has 0 bridgehead atoms. The average molecular weight is 238 g/mol. The summed E-state index contributed by atoms with van der Waals surface area (Å²) in [5.74, 6) is -0.440. The Bertz CT molecular complexity index is 458. The number of carbonyl (C=O) groups excluding carboxylic acids is 1. The van der Waals surface area contributed by atoms with Crippen molar-refractivity contribution in [3.63, 3.8) is 0 Å². The maximum atomic E-state index is 12.0. The van der Waals surface area contributed by atoms with E-state index in [-0.39, 0.29) is 18.4 Å². The van der Waals surface area contributed by atoms with Gasteiger partial charge in [0.15, 0.2) is 0 Å². The maximum absolute atomic E-state index is 12.0. The fourth-order valence-electron chi connectivity index (χ4n) is 1.67. The molecule has 0 spiro atoms. The van der Waals surface area contributed by atoms with Gasteiger partial charge in [-0.15, -0.1) is 0 Å². The molecule has 1 unspecified atom stereocenters. The van der Waals surface area contributed by atoms with Crippen LogP contribution in [0.4, 0.5) is 5.69 Å². The van der Waals surface area contributed by atoms with E-state index in [0.29, 0.717) is 10.7 Å². The number of amides is 1. The van der Waals surface area contributed by atoms with E-state index in [0.717, 1.165) is 5.71 Å². The predicted octanol–water partition coefficient (Wildman–Crippen LogP) is 1.64. The summed E-state index contributed by atoms with van der Waals surface area (Å²) >= 11 is 6.01. The Kier molecular flexibility index (Phi) is 2.94. The number of nitrogens with two attached hydrogens (primary N) is 1. The van der Waals surface area contributed by atoms with Crippen molar-refractivity contribution < 1.29 is 4.79 Å². The first-order valence-corrected chi connectivity index (χ1v) is 5.36. The van der Waals surface area contributed by atoms with Crippen molar-refractivity contribution in [1.29, 1.82) is 0 Å². The van der Waals surface area contributed by atoms with Crippen LogP contribution < -0.4 is 10.7 Å². The van der Waals surface area contributed by atoms with Gasteiger partial charge >= 0.3 is 0 Å². The predicted molar refractivity (Wildman–Crippen MR) is 64.6 cm³/mol. The van der Waals surface area contributed by atoms with Crippen LogP contribution >= 0.6 is 11.6 Å². The number of benzene rings is 1. The summed E-state index contributed by atoms with van der Waals surface area (Å²) in [7, 11) is 0. The third-order valence-electron chi connectivity index (χ3n) is 2.59. The minimum atomic E-state index is -0.323. The number of rotatable bonds is 2. The van der Waals surface area contributed by atoms with Crippen LogP contribution in [0.3, 0.4) is 0 Å². The first-order valence-electron chi connectivity index (χ1n) is 4.99. The van der Waals surface area contributed by atoms with Gasteiger partial charge in [-0.3, -0.25) is 4.79 Å². The lowest BCUT2D eigenvalue weighted by Crippen LogP contribution is -2.32. The quantitative estimate of drug-likeness (QED) is 0.850. The van der Waals surface area contributed by atoms with E-state index in [1.807, 2.05) is 12.1 Å². The van der Waals surface area contributed by atoms with E-state index in [9.17, 15) is 4.79 Å². The molecular weight excluding hydrogens is 226 g/mol. The zero-order valence-corrected chi connectivity index (χ0v) is 9.61. The molecule has 1 aliphatic rings. The van der Waals surface area contributed by atoms with Gasteiger partial charge in [-0.05, 0) is 19.1 Å². The molecule has 16 heavy (non-hydrogen) atoms. The average Bonchev–Trinajstić information content (AvgIpc) is 2.55. The molecule has 5 heteroatoms. The summed E-state index contributed by atoms with van der Waals surface area (Å²) in [4.78, 5) is 12.0. The Hall–Kier alpha value is -1.39. The molecule has 0 saturated carbocycles. The molecule has 0 aliphatic carbocycles. The molecule has 1 aromatic carbocycles.